The Morgan fingerprint density at radius 1 is 0.305 bits per heavy atom. The van der Waals surface area contributed by atoms with Gasteiger partial charge in [0.15, 0.2) is 0 Å². The minimum absolute atomic E-state index is 0.525. The minimum atomic E-state index is -0.525. The van der Waals surface area contributed by atoms with Gasteiger partial charge in [-0.15, -0.1) is 0 Å². The second-order valence-corrected chi connectivity index (χ2v) is 16.3. The van der Waals surface area contributed by atoms with E-state index in [2.05, 4.69) is 188 Å². The molecule has 12 aromatic rings. The van der Waals surface area contributed by atoms with Crippen molar-refractivity contribution in [1.29, 1.82) is 0 Å². The molecule has 59 heavy (non-hydrogen) atoms. The molecule has 10 aromatic carbocycles. The largest absolute Gasteiger partial charge is 0.456 e. The molecule has 2 aromatic heterocycles. The molecule has 0 bridgehead atoms. The van der Waals surface area contributed by atoms with Crippen LogP contribution in [0.1, 0.15) is 22.3 Å². The molecule has 0 saturated heterocycles. The molecule has 0 atom stereocenters. The number of hydrogen-bond donors (Lipinski definition) is 0. The lowest BCUT2D eigenvalue weighted by molar-refractivity contribution is 0.669. The Morgan fingerprint density at radius 2 is 0.881 bits per heavy atom. The van der Waals surface area contributed by atoms with Crippen molar-refractivity contribution in [2.24, 2.45) is 0 Å². The summed E-state index contributed by atoms with van der Waals surface area (Å²) < 4.78 is 13.1. The SMILES string of the molecule is c1ccc2c(c1)-c1ccccc1C21c2ccccc2-c2c(-c3ccc4c(c3)oc3ccccc34)cc3ccc(-c4cccc5oc6cc7ccccc7cc6c45)cc3c21. The second-order valence-electron chi connectivity index (χ2n) is 16.3. The third kappa shape index (κ3) is 4.00. The van der Waals surface area contributed by atoms with Gasteiger partial charge in [0.05, 0.1) is 5.41 Å². The van der Waals surface area contributed by atoms with Crippen LogP contribution in [0.15, 0.2) is 203 Å². The van der Waals surface area contributed by atoms with Gasteiger partial charge in [-0.2, -0.15) is 0 Å². The van der Waals surface area contributed by atoms with E-state index in [0.717, 1.165) is 49.4 Å². The van der Waals surface area contributed by atoms with Gasteiger partial charge < -0.3 is 8.83 Å². The maximum Gasteiger partial charge on any atom is 0.136 e. The summed E-state index contributed by atoms with van der Waals surface area (Å²) in [5.41, 5.74) is 18.3. The molecule has 272 valence electrons. The summed E-state index contributed by atoms with van der Waals surface area (Å²) in [6, 6.07) is 71.5. The first kappa shape index (κ1) is 31.4. The smallest absolute Gasteiger partial charge is 0.136 e. The van der Waals surface area contributed by atoms with Crippen molar-refractivity contribution < 1.29 is 8.83 Å². The Morgan fingerprint density at radius 3 is 1.69 bits per heavy atom. The van der Waals surface area contributed by atoms with Crippen LogP contribution in [0, 0.1) is 0 Å². The standard InChI is InChI=1S/C57H32O2/c1-2-13-34-31-53-46(28-33(34)12-1)54-38(18-11-23-51(54)59-53)35-24-25-36-29-44(37-26-27-42-41-16-6-10-22-50(41)58-52(42)32-37)55-43-17-5-9-21-49(43)57(56(55)45(36)30-35)47-19-7-3-14-39(47)40-15-4-8-20-48(40)57/h1-32H. The van der Waals surface area contributed by atoms with Gasteiger partial charge in [-0.3, -0.25) is 0 Å². The summed E-state index contributed by atoms with van der Waals surface area (Å²) in [6.07, 6.45) is 0. The zero-order valence-corrected chi connectivity index (χ0v) is 31.8. The fourth-order valence-electron chi connectivity index (χ4n) is 11.1. The number of furan rings is 2. The highest BCUT2D eigenvalue weighted by molar-refractivity contribution is 6.17. The molecular weight excluding hydrogens is 717 g/mol. The van der Waals surface area contributed by atoms with Gasteiger partial charge in [0, 0.05) is 21.5 Å². The molecule has 0 unspecified atom stereocenters. The van der Waals surface area contributed by atoms with Crippen molar-refractivity contribution in [1.82, 2.24) is 0 Å². The molecule has 2 heteroatoms. The lowest BCUT2D eigenvalue weighted by Gasteiger charge is -2.32. The van der Waals surface area contributed by atoms with Crippen molar-refractivity contribution in [2.75, 3.05) is 0 Å². The van der Waals surface area contributed by atoms with Crippen molar-refractivity contribution in [3.8, 4) is 44.5 Å². The molecule has 0 amide bonds. The lowest BCUT2D eigenvalue weighted by Crippen LogP contribution is -2.26. The molecule has 0 aliphatic heterocycles. The van der Waals surface area contributed by atoms with Gasteiger partial charge in [-0.05, 0) is 137 Å². The molecule has 2 aliphatic carbocycles. The predicted octanol–water partition coefficient (Wildman–Crippen LogP) is 15.5. The quantitative estimate of drug-likeness (QED) is 0.176. The average Bonchev–Trinajstić information content (AvgIpc) is 4.02. The van der Waals surface area contributed by atoms with Crippen LogP contribution < -0.4 is 0 Å². The fraction of sp³-hybridized carbons (Fsp3) is 0.0175. The Bertz CT molecular complexity index is 3750. The monoisotopic (exact) mass is 748 g/mol. The molecule has 2 aliphatic rings. The molecular formula is C57H32O2. The van der Waals surface area contributed by atoms with Crippen molar-refractivity contribution in [3.05, 3.63) is 216 Å². The van der Waals surface area contributed by atoms with Crippen LogP contribution in [0.2, 0.25) is 0 Å². The highest BCUT2D eigenvalue weighted by Gasteiger charge is 2.53. The Kier molecular flexibility index (Phi) is 5.99. The summed E-state index contributed by atoms with van der Waals surface area (Å²) in [6.45, 7) is 0. The van der Waals surface area contributed by atoms with Gasteiger partial charge in [0.25, 0.3) is 0 Å². The van der Waals surface area contributed by atoms with E-state index in [1.807, 2.05) is 6.07 Å². The summed E-state index contributed by atoms with van der Waals surface area (Å²) in [4.78, 5) is 0. The first-order valence-corrected chi connectivity index (χ1v) is 20.4. The molecule has 0 fully saturated rings. The van der Waals surface area contributed by atoms with Crippen LogP contribution in [-0.2, 0) is 5.41 Å². The van der Waals surface area contributed by atoms with Crippen LogP contribution in [-0.4, -0.2) is 0 Å². The number of hydrogen-bond acceptors (Lipinski definition) is 2. The van der Waals surface area contributed by atoms with Crippen LogP contribution in [0.4, 0.5) is 0 Å². The van der Waals surface area contributed by atoms with E-state index in [1.165, 1.54) is 82.7 Å². The lowest BCUT2D eigenvalue weighted by atomic mass is 9.69. The zero-order chi connectivity index (χ0) is 38.4. The summed E-state index contributed by atoms with van der Waals surface area (Å²) >= 11 is 0. The maximum atomic E-state index is 6.59. The number of fused-ring (bicyclic) bond motifs is 19. The van der Waals surface area contributed by atoms with Gasteiger partial charge in [0.1, 0.15) is 22.3 Å². The first-order valence-electron chi connectivity index (χ1n) is 20.4. The zero-order valence-electron chi connectivity index (χ0n) is 31.8. The maximum absolute atomic E-state index is 6.59. The molecule has 14 rings (SSSR count). The summed E-state index contributed by atoms with van der Waals surface area (Å²) in [5.74, 6) is 0. The number of benzene rings is 10. The van der Waals surface area contributed by atoms with Crippen molar-refractivity contribution in [3.63, 3.8) is 0 Å². The van der Waals surface area contributed by atoms with Crippen LogP contribution in [0.5, 0.6) is 0 Å². The molecule has 0 radical (unpaired) electrons. The van der Waals surface area contributed by atoms with Gasteiger partial charge in [0.2, 0.25) is 0 Å². The first-order chi connectivity index (χ1) is 29.2. The summed E-state index contributed by atoms with van der Waals surface area (Å²) in [5, 5.41) is 9.41. The van der Waals surface area contributed by atoms with Crippen molar-refractivity contribution >= 4 is 65.4 Å². The normalized spacial score (nSPS) is 13.6. The van der Waals surface area contributed by atoms with Crippen LogP contribution in [0.3, 0.4) is 0 Å². The van der Waals surface area contributed by atoms with E-state index in [1.54, 1.807) is 0 Å². The van der Waals surface area contributed by atoms with E-state index < -0.39 is 5.41 Å². The molecule has 2 heterocycles. The van der Waals surface area contributed by atoms with E-state index in [4.69, 9.17) is 8.83 Å². The average molecular weight is 749 g/mol. The molecule has 1 spiro atoms. The van der Waals surface area contributed by atoms with E-state index >= 15 is 0 Å². The predicted molar refractivity (Wildman–Crippen MR) is 243 cm³/mol. The van der Waals surface area contributed by atoms with Gasteiger partial charge in [-0.25, -0.2) is 0 Å². The Hall–Kier alpha value is -7.68. The Labute approximate surface area is 339 Å². The number of rotatable bonds is 2. The highest BCUT2D eigenvalue weighted by Crippen LogP contribution is 2.65. The summed E-state index contributed by atoms with van der Waals surface area (Å²) in [7, 11) is 0. The highest BCUT2D eigenvalue weighted by atomic mass is 16.3. The van der Waals surface area contributed by atoms with Crippen LogP contribution >= 0.6 is 0 Å². The van der Waals surface area contributed by atoms with Gasteiger partial charge in [-0.1, -0.05) is 146 Å². The van der Waals surface area contributed by atoms with Crippen molar-refractivity contribution in [2.45, 2.75) is 5.41 Å². The Balaban J connectivity index is 1.12. The molecule has 0 N–H and O–H groups in total. The van der Waals surface area contributed by atoms with E-state index in [-0.39, 0.29) is 0 Å². The molecule has 2 nitrogen and oxygen atoms in total. The topological polar surface area (TPSA) is 26.3 Å². The number of para-hydroxylation sites is 1. The van der Waals surface area contributed by atoms with Gasteiger partial charge >= 0.3 is 0 Å². The molecule has 0 saturated carbocycles. The van der Waals surface area contributed by atoms with E-state index in [0.29, 0.717) is 0 Å². The second kappa shape index (κ2) is 11.2. The van der Waals surface area contributed by atoms with E-state index in [9.17, 15) is 0 Å². The third-order valence-corrected chi connectivity index (χ3v) is 13.4. The fourth-order valence-corrected chi connectivity index (χ4v) is 11.1. The van der Waals surface area contributed by atoms with Crippen LogP contribution in [0.25, 0.3) is 110 Å². The third-order valence-electron chi connectivity index (χ3n) is 13.4. The minimum Gasteiger partial charge on any atom is -0.456 e.